The normalized spacial score (nSPS) is 19.2. The fraction of sp³-hybridized carbons (Fsp3) is 0.455. The number of nitrogens with one attached hydrogen (secondary N) is 1. The Morgan fingerprint density at radius 1 is 1.16 bits per heavy atom. The number of carbonyl (C=O) groups is 1. The molecule has 0 bridgehead atoms. The van der Waals surface area contributed by atoms with Gasteiger partial charge in [0, 0.05) is 19.0 Å². The third kappa shape index (κ3) is 6.03. The molecule has 1 saturated carbocycles. The quantitative estimate of drug-likeness (QED) is 0.600. The van der Waals surface area contributed by atoms with Gasteiger partial charge in [-0.15, -0.1) is 0 Å². The van der Waals surface area contributed by atoms with E-state index in [0.29, 0.717) is 5.92 Å². The molecule has 1 amide bonds. The molecule has 0 spiro atoms. The van der Waals surface area contributed by atoms with Crippen LogP contribution in [0.3, 0.4) is 0 Å². The van der Waals surface area contributed by atoms with Crippen molar-refractivity contribution < 1.29 is 23.1 Å². The van der Waals surface area contributed by atoms with Crippen molar-refractivity contribution in [2.75, 3.05) is 0 Å². The summed E-state index contributed by atoms with van der Waals surface area (Å²) >= 11 is 6.02. The zero-order chi connectivity index (χ0) is 22.6. The summed E-state index contributed by atoms with van der Waals surface area (Å²) in [5.74, 6) is -1.01. The smallest absolute Gasteiger partial charge is 0.389 e. The van der Waals surface area contributed by atoms with Crippen LogP contribution in [-0.4, -0.2) is 27.8 Å². The van der Waals surface area contributed by atoms with Crippen LogP contribution in [-0.2, 0) is 6.54 Å². The van der Waals surface area contributed by atoms with Crippen molar-refractivity contribution in [3.05, 3.63) is 63.0 Å². The van der Waals surface area contributed by atoms with Gasteiger partial charge in [0.25, 0.3) is 11.5 Å². The molecule has 1 aromatic carbocycles. The Morgan fingerprint density at radius 3 is 2.42 bits per heavy atom. The van der Waals surface area contributed by atoms with Crippen molar-refractivity contribution in [3.63, 3.8) is 0 Å². The molecule has 1 fully saturated rings. The molecule has 1 aliphatic rings. The molecular weight excluding hydrogens is 433 g/mol. The largest absolute Gasteiger partial charge is 0.502 e. The highest BCUT2D eigenvalue weighted by atomic mass is 35.5. The molecule has 5 nitrogen and oxygen atoms in total. The van der Waals surface area contributed by atoms with E-state index in [0.717, 1.165) is 36.3 Å². The Labute approximate surface area is 182 Å². The minimum Gasteiger partial charge on any atom is -0.502 e. The molecule has 0 saturated heterocycles. The number of amides is 1. The van der Waals surface area contributed by atoms with E-state index in [9.17, 15) is 27.9 Å². The minimum absolute atomic E-state index is 0.0974. The molecule has 1 heterocycles. The lowest BCUT2D eigenvalue weighted by molar-refractivity contribution is -0.135. The second-order valence-electron chi connectivity index (χ2n) is 7.84. The number of pyridine rings is 1. The van der Waals surface area contributed by atoms with Crippen molar-refractivity contribution in [2.45, 2.75) is 63.2 Å². The van der Waals surface area contributed by atoms with Gasteiger partial charge in [-0.05, 0) is 49.7 Å². The van der Waals surface area contributed by atoms with Gasteiger partial charge in [-0.3, -0.25) is 14.2 Å². The lowest BCUT2D eigenvalue weighted by Crippen LogP contribution is -2.38. The number of nitrogens with zero attached hydrogens (tertiary/aromatic N) is 1. The van der Waals surface area contributed by atoms with E-state index < -0.39 is 29.8 Å². The summed E-state index contributed by atoms with van der Waals surface area (Å²) in [6, 6.07) is 11.2. The molecule has 1 aliphatic carbocycles. The molecule has 9 heteroatoms. The number of carbonyl (C=O) groups excluding carboxylic acids is 1. The first-order valence-electron chi connectivity index (χ1n) is 10.2. The molecule has 1 aromatic heterocycles. The highest BCUT2D eigenvalue weighted by molar-refractivity contribution is 6.30. The summed E-state index contributed by atoms with van der Waals surface area (Å²) in [4.78, 5) is 24.9. The van der Waals surface area contributed by atoms with E-state index in [1.165, 1.54) is 5.56 Å². The van der Waals surface area contributed by atoms with Crippen LogP contribution in [0.25, 0.3) is 0 Å². The van der Waals surface area contributed by atoms with Crippen LogP contribution in [0.2, 0.25) is 5.15 Å². The zero-order valence-electron chi connectivity index (χ0n) is 16.8. The third-order valence-electron chi connectivity index (χ3n) is 5.64. The molecule has 2 N–H and O–H groups in total. The summed E-state index contributed by atoms with van der Waals surface area (Å²) in [6.07, 6.45) is -2.46. The van der Waals surface area contributed by atoms with Gasteiger partial charge in [-0.1, -0.05) is 41.9 Å². The van der Waals surface area contributed by atoms with E-state index >= 15 is 0 Å². The first-order valence-corrected chi connectivity index (χ1v) is 10.6. The van der Waals surface area contributed by atoms with Crippen molar-refractivity contribution in [3.8, 4) is 5.75 Å². The van der Waals surface area contributed by atoms with Crippen LogP contribution in [0.4, 0.5) is 13.2 Å². The molecule has 2 aromatic rings. The summed E-state index contributed by atoms with van der Waals surface area (Å²) in [7, 11) is 0. The van der Waals surface area contributed by atoms with E-state index in [4.69, 9.17) is 11.6 Å². The molecule has 31 heavy (non-hydrogen) atoms. The maximum absolute atomic E-state index is 12.6. The number of halogens is 4. The van der Waals surface area contributed by atoms with Gasteiger partial charge in [0.2, 0.25) is 0 Å². The molecule has 0 unspecified atom stereocenters. The van der Waals surface area contributed by atoms with Gasteiger partial charge in [0.05, 0.1) is 5.56 Å². The molecule has 0 radical (unpaired) electrons. The van der Waals surface area contributed by atoms with E-state index in [-0.39, 0.29) is 29.7 Å². The molecular formula is C22H24ClF3N2O3. The van der Waals surface area contributed by atoms with E-state index in [2.05, 4.69) is 17.4 Å². The Balaban J connectivity index is 1.62. The van der Waals surface area contributed by atoms with Crippen molar-refractivity contribution in [2.24, 2.45) is 0 Å². The highest BCUT2D eigenvalue weighted by Gasteiger charge is 2.28. The van der Waals surface area contributed by atoms with Crippen molar-refractivity contribution in [1.29, 1.82) is 0 Å². The van der Waals surface area contributed by atoms with Gasteiger partial charge in [0.15, 0.2) is 5.75 Å². The lowest BCUT2D eigenvalue weighted by Gasteiger charge is -2.29. The van der Waals surface area contributed by atoms with Crippen LogP contribution < -0.4 is 10.9 Å². The topological polar surface area (TPSA) is 71.3 Å². The number of benzene rings is 1. The highest BCUT2D eigenvalue weighted by Crippen LogP contribution is 2.33. The molecule has 3 rings (SSSR count). The monoisotopic (exact) mass is 456 g/mol. The third-order valence-corrected chi connectivity index (χ3v) is 5.96. The maximum Gasteiger partial charge on any atom is 0.389 e. The summed E-state index contributed by atoms with van der Waals surface area (Å²) in [5, 5.41) is 12.8. The Bertz CT molecular complexity index is 968. The first-order chi connectivity index (χ1) is 14.7. The first kappa shape index (κ1) is 23.2. The predicted octanol–water partition coefficient (Wildman–Crippen LogP) is 5.01. The predicted molar refractivity (Wildman–Crippen MR) is 112 cm³/mol. The number of aromatic hydroxyl groups is 1. The Kier molecular flexibility index (Phi) is 7.30. The van der Waals surface area contributed by atoms with Crippen LogP contribution in [0, 0.1) is 0 Å². The van der Waals surface area contributed by atoms with Crippen molar-refractivity contribution in [1.82, 2.24) is 9.88 Å². The Morgan fingerprint density at radius 2 is 1.81 bits per heavy atom. The van der Waals surface area contributed by atoms with Crippen LogP contribution >= 0.6 is 11.6 Å². The summed E-state index contributed by atoms with van der Waals surface area (Å²) < 4.78 is 37.8. The number of hydrogen-bond acceptors (Lipinski definition) is 3. The second-order valence-corrected chi connectivity index (χ2v) is 8.22. The second kappa shape index (κ2) is 9.77. The molecule has 0 atom stereocenters. The van der Waals surface area contributed by atoms with E-state index in [1.54, 1.807) is 0 Å². The molecule has 0 aliphatic heterocycles. The summed E-state index contributed by atoms with van der Waals surface area (Å²) in [6.45, 7) is -0.309. The van der Waals surface area contributed by atoms with Crippen molar-refractivity contribution >= 4 is 17.5 Å². The standard InChI is InChI=1S/C22H24ClF3N2O3/c23-18-13-17(19(29)21(31)28(18)12-4-11-22(24,25)26)20(30)27-16-9-7-15(8-10-16)14-5-2-1-3-6-14/h1-3,5-6,13,15-16,29H,4,7-12H2,(H,27,30). The Hall–Kier alpha value is -2.48. The van der Waals surface area contributed by atoms with Gasteiger partial charge in [-0.2, -0.15) is 13.2 Å². The SMILES string of the molecule is O=C(NC1CCC(c2ccccc2)CC1)c1cc(Cl)n(CCCC(F)(F)F)c(=O)c1O. The van der Waals surface area contributed by atoms with Gasteiger partial charge in [-0.25, -0.2) is 0 Å². The number of hydrogen-bond donors (Lipinski definition) is 2. The fourth-order valence-corrected chi connectivity index (χ4v) is 4.25. The van der Waals surface area contributed by atoms with Gasteiger partial charge in [0.1, 0.15) is 5.15 Å². The maximum atomic E-state index is 12.6. The average molecular weight is 457 g/mol. The van der Waals surface area contributed by atoms with Gasteiger partial charge >= 0.3 is 6.18 Å². The van der Waals surface area contributed by atoms with Crippen LogP contribution in [0.15, 0.2) is 41.2 Å². The zero-order valence-corrected chi connectivity index (χ0v) is 17.5. The lowest BCUT2D eigenvalue weighted by atomic mass is 9.82. The average Bonchev–Trinajstić information content (AvgIpc) is 2.73. The van der Waals surface area contributed by atoms with Crippen LogP contribution in [0.1, 0.15) is 60.4 Å². The number of alkyl halides is 3. The fourth-order valence-electron chi connectivity index (χ4n) is 3.98. The van der Waals surface area contributed by atoms with Crippen LogP contribution in [0.5, 0.6) is 5.75 Å². The van der Waals surface area contributed by atoms with Gasteiger partial charge < -0.3 is 10.4 Å². The van der Waals surface area contributed by atoms with E-state index in [1.807, 2.05) is 18.2 Å². The number of aromatic nitrogens is 1. The summed E-state index contributed by atoms with van der Waals surface area (Å²) in [5.41, 5.74) is 0.0192. The minimum atomic E-state index is -4.35. The number of rotatable bonds is 6. The molecule has 168 valence electrons.